The Morgan fingerprint density at radius 2 is 1.58 bits per heavy atom. The number of carbonyl (C=O) groups is 1. The van der Waals surface area contributed by atoms with Crippen molar-refractivity contribution in [1.29, 1.82) is 0 Å². The van der Waals surface area contributed by atoms with Crippen molar-refractivity contribution in [3.8, 4) is 0 Å². The largest absolute Gasteiger partial charge is 2.00 e. The molecule has 0 unspecified atom stereocenters. The fourth-order valence-corrected chi connectivity index (χ4v) is 0.340. The van der Waals surface area contributed by atoms with Crippen molar-refractivity contribution in [1.82, 2.24) is 0 Å². The summed E-state index contributed by atoms with van der Waals surface area (Å²) in [6, 6.07) is 0. The Balaban J connectivity index is -0.00000000639. The molecule has 81 valence electrons. The molecule has 0 fully saturated rings. The third kappa shape index (κ3) is 33.4. The number of hydrogen-bond donors (Lipinski definition) is 0. The Morgan fingerprint density at radius 1 is 1.17 bits per heavy atom. The molecule has 0 aromatic heterocycles. The second kappa shape index (κ2) is 45.8. The standard InChI is InChI=1S/C5H5.CH2O.4CH3.Co.2H/c1-2-4-5-3-1;1-2;;;;;;;/h1-3H,4H2;1H2;4*1H3;;;/q-1;;4*-1;+2;2*-1. The van der Waals surface area contributed by atoms with Gasteiger partial charge in [0.1, 0.15) is 6.79 Å². The molecule has 1 radical (unpaired) electrons. The van der Waals surface area contributed by atoms with Crippen LogP contribution in [-0.2, 0) is 21.6 Å². The molecule has 0 aliphatic heterocycles. The second-order valence-electron chi connectivity index (χ2n) is 1.00. The van der Waals surface area contributed by atoms with Crippen molar-refractivity contribution < 1.29 is 24.4 Å². The molecular weight excluding hydrogens is 195 g/mol. The van der Waals surface area contributed by atoms with Gasteiger partial charge in [-0.3, -0.25) is 6.08 Å². The molecule has 0 bridgehead atoms. The van der Waals surface area contributed by atoms with Crippen LogP contribution in [0.4, 0.5) is 0 Å². The van der Waals surface area contributed by atoms with Crippen LogP contribution in [0.3, 0.4) is 0 Å². The summed E-state index contributed by atoms with van der Waals surface area (Å²) in [6.07, 6.45) is 10.0. The summed E-state index contributed by atoms with van der Waals surface area (Å²) in [5, 5.41) is 0. The number of carbonyl (C=O) groups excluding carboxylic acids is 1. The van der Waals surface area contributed by atoms with Crippen molar-refractivity contribution in [2.45, 2.75) is 6.42 Å². The molecule has 0 heterocycles. The van der Waals surface area contributed by atoms with Gasteiger partial charge in [-0.05, 0) is 0 Å². The zero-order valence-electron chi connectivity index (χ0n) is 10.4. The van der Waals surface area contributed by atoms with Crippen LogP contribution in [0.2, 0.25) is 0 Å². The first-order valence-corrected chi connectivity index (χ1v) is 2.01. The van der Waals surface area contributed by atoms with E-state index in [2.05, 4.69) is 12.2 Å². The minimum Gasteiger partial charge on any atom is -1.00 e. The molecule has 0 N–H and O–H groups in total. The van der Waals surface area contributed by atoms with Crippen LogP contribution in [0.25, 0.3) is 0 Å². The van der Waals surface area contributed by atoms with Gasteiger partial charge in [0, 0.05) is 0 Å². The van der Waals surface area contributed by atoms with Crippen LogP contribution in [0.1, 0.15) is 9.27 Å². The Labute approximate surface area is 92.1 Å². The van der Waals surface area contributed by atoms with Gasteiger partial charge >= 0.3 is 16.8 Å². The predicted octanol–water partition coefficient (Wildman–Crippen LogP) is 3.14. The summed E-state index contributed by atoms with van der Waals surface area (Å²) in [5.74, 6) is 0. The van der Waals surface area contributed by atoms with E-state index in [0.29, 0.717) is 0 Å². The maximum atomic E-state index is 8.00. The third-order valence-electron chi connectivity index (χ3n) is 0.586. The van der Waals surface area contributed by atoms with Gasteiger partial charge in [-0.25, -0.2) is 12.2 Å². The summed E-state index contributed by atoms with van der Waals surface area (Å²) in [7, 11) is 0. The predicted molar refractivity (Wildman–Crippen MR) is 56.6 cm³/mol. The van der Waals surface area contributed by atoms with Crippen molar-refractivity contribution >= 4 is 6.79 Å². The minimum absolute atomic E-state index is 0. The molecule has 0 atom stereocenters. The van der Waals surface area contributed by atoms with E-state index in [1.807, 2.05) is 18.9 Å². The minimum atomic E-state index is 0. The SMILES string of the molecule is C=O.[C-]1=CC=CC1.[CH3-].[CH3-].[CH3-].[CH3-].[Co+2].[H-].[H-]. The molecule has 12 heavy (non-hydrogen) atoms. The first kappa shape index (κ1) is 41.4. The third-order valence-corrected chi connectivity index (χ3v) is 0.586. The maximum absolute atomic E-state index is 8.00. The Morgan fingerprint density at radius 3 is 1.67 bits per heavy atom. The first-order valence-electron chi connectivity index (χ1n) is 2.01. The molecular formula is C10H21CoO-5. The molecule has 0 spiro atoms. The van der Waals surface area contributed by atoms with Crippen LogP contribution in [0.5, 0.6) is 0 Å². The summed E-state index contributed by atoms with van der Waals surface area (Å²) in [5.41, 5.74) is 0. The Bertz CT molecular complexity index is 86.1. The van der Waals surface area contributed by atoms with Crippen molar-refractivity contribution in [3.05, 3.63) is 54.0 Å². The fourth-order valence-electron chi connectivity index (χ4n) is 0.340. The number of rotatable bonds is 0. The molecule has 0 aromatic carbocycles. The van der Waals surface area contributed by atoms with Crippen molar-refractivity contribution in [2.24, 2.45) is 0 Å². The van der Waals surface area contributed by atoms with Crippen LogP contribution >= 0.6 is 0 Å². The fraction of sp³-hybridized carbons (Fsp3) is 0.100. The first-order chi connectivity index (χ1) is 3.50. The van der Waals surface area contributed by atoms with Gasteiger partial charge in [0.2, 0.25) is 0 Å². The molecule has 1 aliphatic carbocycles. The van der Waals surface area contributed by atoms with E-state index in [4.69, 9.17) is 4.79 Å². The molecule has 2 heteroatoms. The summed E-state index contributed by atoms with van der Waals surface area (Å²) in [4.78, 5) is 8.00. The van der Waals surface area contributed by atoms with E-state index in [1.54, 1.807) is 0 Å². The molecule has 0 saturated carbocycles. The van der Waals surface area contributed by atoms with Gasteiger partial charge in [-0.15, -0.1) is 6.42 Å². The topological polar surface area (TPSA) is 17.1 Å². The summed E-state index contributed by atoms with van der Waals surface area (Å²) >= 11 is 0. The van der Waals surface area contributed by atoms with E-state index < -0.39 is 0 Å². The Hall–Kier alpha value is -0.344. The molecule has 1 nitrogen and oxygen atoms in total. The number of allylic oxidation sites excluding steroid dienone is 4. The summed E-state index contributed by atoms with van der Waals surface area (Å²) < 4.78 is 0. The summed E-state index contributed by atoms with van der Waals surface area (Å²) in [6.45, 7) is 2.00. The van der Waals surface area contributed by atoms with Gasteiger partial charge in [0.15, 0.2) is 0 Å². The second-order valence-corrected chi connectivity index (χ2v) is 1.00. The van der Waals surface area contributed by atoms with Crippen molar-refractivity contribution in [2.75, 3.05) is 0 Å². The van der Waals surface area contributed by atoms with E-state index in [9.17, 15) is 0 Å². The van der Waals surface area contributed by atoms with Gasteiger partial charge < -0.3 is 37.4 Å². The molecule has 1 aliphatic rings. The van der Waals surface area contributed by atoms with E-state index >= 15 is 0 Å². The van der Waals surface area contributed by atoms with Crippen LogP contribution < -0.4 is 0 Å². The van der Waals surface area contributed by atoms with Crippen LogP contribution in [0.15, 0.2) is 18.2 Å². The zero-order valence-corrected chi connectivity index (χ0v) is 9.43. The zero-order chi connectivity index (χ0) is 5.54. The smallest absolute Gasteiger partial charge is 1.00 e. The van der Waals surface area contributed by atoms with Crippen LogP contribution in [0, 0.1) is 35.8 Å². The van der Waals surface area contributed by atoms with Gasteiger partial charge in [0.05, 0.1) is 0 Å². The van der Waals surface area contributed by atoms with Gasteiger partial charge in [-0.1, -0.05) is 0 Å². The Kier molecular flexibility index (Phi) is 158. The van der Waals surface area contributed by atoms with Crippen molar-refractivity contribution in [3.63, 3.8) is 0 Å². The van der Waals surface area contributed by atoms with E-state index in [1.165, 1.54) is 0 Å². The normalized spacial score (nSPS) is 7.67. The maximum Gasteiger partial charge on any atom is 2.00 e. The monoisotopic (exact) mass is 216 g/mol. The van der Waals surface area contributed by atoms with E-state index in [0.717, 1.165) is 6.42 Å². The molecule has 0 amide bonds. The van der Waals surface area contributed by atoms with Gasteiger partial charge in [-0.2, -0.15) is 6.08 Å². The van der Waals surface area contributed by atoms with Gasteiger partial charge in [0.25, 0.3) is 0 Å². The number of hydrogen-bond acceptors (Lipinski definition) is 1. The molecule has 1 rings (SSSR count). The average molecular weight is 216 g/mol. The molecule has 0 aromatic rings. The van der Waals surface area contributed by atoms with Crippen LogP contribution in [-0.4, -0.2) is 6.79 Å². The average Bonchev–Trinajstić information content (AvgIpc) is 2.23. The quantitative estimate of drug-likeness (QED) is 0.568. The molecule has 0 saturated heterocycles. The van der Waals surface area contributed by atoms with E-state index in [-0.39, 0.29) is 49.3 Å².